The first kappa shape index (κ1) is 13.1. The number of nitrogen functional groups attached to an aromatic ring is 1. The van der Waals surface area contributed by atoms with E-state index in [1.807, 2.05) is 0 Å². The van der Waals surface area contributed by atoms with Crippen molar-refractivity contribution in [2.45, 2.75) is 18.9 Å². The molecule has 108 valence electrons. The second-order valence-electron chi connectivity index (χ2n) is 5.11. The number of carbonyl (C=O) groups is 1. The number of fused-ring (bicyclic) bond motifs is 1. The number of nitrogens with two attached hydrogens (primary N) is 1. The topological polar surface area (TPSA) is 74.0 Å². The maximum atomic E-state index is 12.4. The van der Waals surface area contributed by atoms with Crippen LogP contribution in [0, 0.1) is 0 Å². The number of hydrogen-bond acceptors (Lipinski definition) is 5. The van der Waals surface area contributed by atoms with Crippen molar-refractivity contribution in [1.29, 1.82) is 0 Å². The number of likely N-dealkylation sites (N-methyl/N-ethyl adjacent to an activating group) is 1. The minimum atomic E-state index is -0.128. The van der Waals surface area contributed by atoms with Crippen molar-refractivity contribution in [1.82, 2.24) is 4.90 Å². The van der Waals surface area contributed by atoms with Crippen molar-refractivity contribution in [3.8, 4) is 11.5 Å². The Bertz CT molecular complexity index is 526. The van der Waals surface area contributed by atoms with Crippen molar-refractivity contribution >= 4 is 11.6 Å². The summed E-state index contributed by atoms with van der Waals surface area (Å²) < 4.78 is 16.1. The molecule has 0 aromatic heterocycles. The van der Waals surface area contributed by atoms with Gasteiger partial charge in [0, 0.05) is 32.0 Å². The summed E-state index contributed by atoms with van der Waals surface area (Å²) >= 11 is 0. The number of benzene rings is 1. The number of ether oxygens (including phenoxy) is 3. The van der Waals surface area contributed by atoms with Crippen LogP contribution in [0.4, 0.5) is 5.69 Å². The van der Waals surface area contributed by atoms with Crippen LogP contribution in [0.3, 0.4) is 0 Å². The summed E-state index contributed by atoms with van der Waals surface area (Å²) in [5.74, 6) is 1.02. The fourth-order valence-corrected chi connectivity index (χ4v) is 2.53. The van der Waals surface area contributed by atoms with Gasteiger partial charge in [-0.1, -0.05) is 0 Å². The molecule has 0 aliphatic carbocycles. The Morgan fingerprint density at radius 1 is 1.40 bits per heavy atom. The Labute approximate surface area is 117 Å². The highest BCUT2D eigenvalue weighted by Gasteiger charge is 2.24. The van der Waals surface area contributed by atoms with Crippen LogP contribution in [0.25, 0.3) is 0 Å². The Morgan fingerprint density at radius 2 is 2.15 bits per heavy atom. The van der Waals surface area contributed by atoms with Gasteiger partial charge in [0.15, 0.2) is 11.5 Å². The Hall–Kier alpha value is -1.95. The Morgan fingerprint density at radius 3 is 2.85 bits per heavy atom. The normalized spacial score (nSPS) is 20.1. The van der Waals surface area contributed by atoms with Crippen LogP contribution in [0.1, 0.15) is 23.2 Å². The highest BCUT2D eigenvalue weighted by atomic mass is 16.7. The quantitative estimate of drug-likeness (QED) is 0.842. The first-order chi connectivity index (χ1) is 9.65. The second-order valence-corrected chi connectivity index (χ2v) is 5.11. The van der Waals surface area contributed by atoms with E-state index in [0.717, 1.165) is 19.4 Å². The summed E-state index contributed by atoms with van der Waals surface area (Å²) in [6.45, 7) is 1.52. The van der Waals surface area contributed by atoms with E-state index in [-0.39, 0.29) is 18.8 Å². The van der Waals surface area contributed by atoms with Gasteiger partial charge in [-0.2, -0.15) is 0 Å². The molecule has 2 heterocycles. The van der Waals surface area contributed by atoms with Gasteiger partial charge in [0.05, 0.1) is 11.7 Å². The molecule has 6 heteroatoms. The molecule has 1 atom stereocenters. The van der Waals surface area contributed by atoms with Crippen LogP contribution < -0.4 is 15.2 Å². The molecule has 0 saturated carbocycles. The third-order valence-electron chi connectivity index (χ3n) is 3.62. The molecule has 6 nitrogen and oxygen atoms in total. The lowest BCUT2D eigenvalue weighted by Crippen LogP contribution is -2.34. The van der Waals surface area contributed by atoms with Gasteiger partial charge in [-0.3, -0.25) is 4.79 Å². The van der Waals surface area contributed by atoms with Crippen molar-refractivity contribution in [3.05, 3.63) is 17.7 Å². The van der Waals surface area contributed by atoms with E-state index in [0.29, 0.717) is 29.3 Å². The molecule has 20 heavy (non-hydrogen) atoms. The van der Waals surface area contributed by atoms with Crippen molar-refractivity contribution in [2.24, 2.45) is 0 Å². The minimum Gasteiger partial charge on any atom is -0.454 e. The second kappa shape index (κ2) is 5.20. The Balaban J connectivity index is 1.76. The third-order valence-corrected chi connectivity index (χ3v) is 3.62. The fraction of sp³-hybridized carbons (Fsp3) is 0.500. The Kier molecular flexibility index (Phi) is 3.40. The van der Waals surface area contributed by atoms with Gasteiger partial charge >= 0.3 is 0 Å². The van der Waals surface area contributed by atoms with Gasteiger partial charge < -0.3 is 24.8 Å². The molecule has 1 amide bonds. The predicted octanol–water partition coefficient (Wildman–Crippen LogP) is 1.25. The maximum absolute atomic E-state index is 12.4. The van der Waals surface area contributed by atoms with Gasteiger partial charge in [-0.05, 0) is 18.9 Å². The summed E-state index contributed by atoms with van der Waals surface area (Å²) in [6.07, 6.45) is 2.17. The highest BCUT2D eigenvalue weighted by molar-refractivity contribution is 6.00. The molecule has 1 aromatic carbocycles. The van der Waals surface area contributed by atoms with Gasteiger partial charge in [0.1, 0.15) is 0 Å². The summed E-state index contributed by atoms with van der Waals surface area (Å²) in [5, 5.41) is 0. The van der Waals surface area contributed by atoms with Crippen molar-refractivity contribution < 1.29 is 19.0 Å². The van der Waals surface area contributed by atoms with Crippen LogP contribution in [-0.4, -0.2) is 43.9 Å². The van der Waals surface area contributed by atoms with Crippen LogP contribution in [0.2, 0.25) is 0 Å². The molecular formula is C14H18N2O4. The summed E-state index contributed by atoms with van der Waals surface area (Å²) in [7, 11) is 1.76. The number of hydrogen-bond donors (Lipinski definition) is 1. The van der Waals surface area contributed by atoms with Gasteiger partial charge in [0.2, 0.25) is 6.79 Å². The average Bonchev–Trinajstić information content (AvgIpc) is 3.07. The van der Waals surface area contributed by atoms with Gasteiger partial charge in [0.25, 0.3) is 5.91 Å². The molecule has 1 aromatic rings. The van der Waals surface area contributed by atoms with E-state index in [2.05, 4.69) is 0 Å². The molecule has 2 N–H and O–H groups in total. The number of anilines is 1. The predicted molar refractivity (Wildman–Crippen MR) is 72.9 cm³/mol. The lowest BCUT2D eigenvalue weighted by atomic mass is 10.1. The van der Waals surface area contributed by atoms with Crippen LogP contribution in [-0.2, 0) is 4.74 Å². The van der Waals surface area contributed by atoms with E-state index in [9.17, 15) is 4.79 Å². The van der Waals surface area contributed by atoms with E-state index in [1.165, 1.54) is 0 Å². The zero-order valence-corrected chi connectivity index (χ0v) is 11.4. The molecule has 2 aliphatic heterocycles. The van der Waals surface area contributed by atoms with E-state index >= 15 is 0 Å². The first-order valence-corrected chi connectivity index (χ1v) is 6.71. The van der Waals surface area contributed by atoms with Gasteiger partial charge in [-0.25, -0.2) is 0 Å². The molecule has 1 fully saturated rings. The minimum absolute atomic E-state index is 0.124. The first-order valence-electron chi connectivity index (χ1n) is 6.71. The highest BCUT2D eigenvalue weighted by Crippen LogP contribution is 2.36. The number of nitrogens with zero attached hydrogens (tertiary/aromatic N) is 1. The van der Waals surface area contributed by atoms with Crippen molar-refractivity contribution in [3.63, 3.8) is 0 Å². The fourth-order valence-electron chi connectivity index (χ4n) is 2.53. The monoisotopic (exact) mass is 278 g/mol. The maximum Gasteiger partial charge on any atom is 0.255 e. The zero-order chi connectivity index (χ0) is 14.1. The summed E-state index contributed by atoms with van der Waals surface area (Å²) in [5.41, 5.74) is 6.77. The molecule has 0 bridgehead atoms. The molecule has 3 rings (SSSR count). The van der Waals surface area contributed by atoms with Crippen LogP contribution >= 0.6 is 0 Å². The van der Waals surface area contributed by atoms with Crippen LogP contribution in [0.5, 0.6) is 11.5 Å². The zero-order valence-electron chi connectivity index (χ0n) is 11.4. The van der Waals surface area contributed by atoms with E-state index in [1.54, 1.807) is 24.1 Å². The van der Waals surface area contributed by atoms with E-state index < -0.39 is 0 Å². The molecular weight excluding hydrogens is 260 g/mol. The molecule has 0 radical (unpaired) electrons. The lowest BCUT2D eigenvalue weighted by molar-refractivity contribution is 0.0587. The van der Waals surface area contributed by atoms with Gasteiger partial charge in [-0.15, -0.1) is 0 Å². The number of carbonyl (C=O) groups excluding carboxylic acids is 1. The van der Waals surface area contributed by atoms with Crippen LogP contribution in [0.15, 0.2) is 12.1 Å². The summed E-state index contributed by atoms with van der Waals surface area (Å²) in [6, 6.07) is 3.28. The smallest absolute Gasteiger partial charge is 0.255 e. The largest absolute Gasteiger partial charge is 0.454 e. The average molecular weight is 278 g/mol. The molecule has 0 spiro atoms. The standard InChI is InChI=1S/C14H18N2O4/c1-16(7-9-3-2-4-18-9)14(17)10-5-12-13(6-11(10)15)20-8-19-12/h5-6,9H,2-4,7-8,15H2,1H3. The molecule has 1 saturated heterocycles. The van der Waals surface area contributed by atoms with E-state index in [4.69, 9.17) is 19.9 Å². The molecule has 2 aliphatic rings. The number of amides is 1. The SMILES string of the molecule is CN(CC1CCCO1)C(=O)c1cc2c(cc1N)OCO2. The third kappa shape index (κ3) is 2.38. The molecule has 1 unspecified atom stereocenters. The summed E-state index contributed by atoms with van der Waals surface area (Å²) in [4.78, 5) is 14.1. The lowest BCUT2D eigenvalue weighted by Gasteiger charge is -2.21. The van der Waals surface area contributed by atoms with Crippen molar-refractivity contribution in [2.75, 3.05) is 32.7 Å². The number of rotatable bonds is 3.